The Kier molecular flexibility index (Phi) is 11.3. The van der Waals surface area contributed by atoms with E-state index in [0.29, 0.717) is 6.04 Å². The van der Waals surface area contributed by atoms with Gasteiger partial charge in [0.1, 0.15) is 0 Å². The summed E-state index contributed by atoms with van der Waals surface area (Å²) in [5.74, 6) is 0. The Bertz CT molecular complexity index is 135. The Morgan fingerprint density at radius 3 is 2.19 bits per heavy atom. The van der Waals surface area contributed by atoms with Crippen molar-refractivity contribution in [3.05, 3.63) is 0 Å². The van der Waals surface area contributed by atoms with E-state index in [2.05, 4.69) is 37.9 Å². The fourth-order valence-corrected chi connectivity index (χ4v) is 1.96. The SMILES string of the molecule is CCCNCCCCCN(CCC)C(C)C. The molecule has 0 fully saturated rings. The van der Waals surface area contributed by atoms with Gasteiger partial charge in [-0.25, -0.2) is 0 Å². The molecule has 0 aromatic heterocycles. The summed E-state index contributed by atoms with van der Waals surface area (Å²) >= 11 is 0. The van der Waals surface area contributed by atoms with Crippen LogP contribution in [0.3, 0.4) is 0 Å². The van der Waals surface area contributed by atoms with Crippen molar-refractivity contribution in [2.45, 2.75) is 65.8 Å². The first-order valence-electron chi connectivity index (χ1n) is 7.17. The average molecular weight is 228 g/mol. The Morgan fingerprint density at radius 1 is 0.875 bits per heavy atom. The molecular formula is C14H32N2. The van der Waals surface area contributed by atoms with Crippen molar-refractivity contribution in [3.8, 4) is 0 Å². The lowest BCUT2D eigenvalue weighted by Crippen LogP contribution is -2.32. The van der Waals surface area contributed by atoms with Crippen LogP contribution in [0.25, 0.3) is 0 Å². The van der Waals surface area contributed by atoms with Gasteiger partial charge < -0.3 is 10.2 Å². The van der Waals surface area contributed by atoms with Crippen LogP contribution < -0.4 is 5.32 Å². The predicted octanol–water partition coefficient (Wildman–Crippen LogP) is 3.28. The zero-order valence-electron chi connectivity index (χ0n) is 11.9. The zero-order chi connectivity index (χ0) is 12.2. The van der Waals surface area contributed by atoms with E-state index in [1.54, 1.807) is 0 Å². The monoisotopic (exact) mass is 228 g/mol. The number of unbranched alkanes of at least 4 members (excludes halogenated alkanes) is 2. The molecule has 0 saturated carbocycles. The normalized spacial score (nSPS) is 11.6. The van der Waals surface area contributed by atoms with Crippen LogP contribution >= 0.6 is 0 Å². The van der Waals surface area contributed by atoms with Gasteiger partial charge in [0.25, 0.3) is 0 Å². The number of hydrogen-bond donors (Lipinski definition) is 1. The third-order valence-electron chi connectivity index (χ3n) is 2.97. The van der Waals surface area contributed by atoms with Gasteiger partial charge in [0.15, 0.2) is 0 Å². The largest absolute Gasteiger partial charge is 0.317 e. The van der Waals surface area contributed by atoms with E-state index in [1.807, 2.05) is 0 Å². The molecule has 98 valence electrons. The fraction of sp³-hybridized carbons (Fsp3) is 1.00. The second-order valence-electron chi connectivity index (χ2n) is 4.94. The molecule has 2 nitrogen and oxygen atoms in total. The summed E-state index contributed by atoms with van der Waals surface area (Å²) < 4.78 is 0. The van der Waals surface area contributed by atoms with Crippen molar-refractivity contribution < 1.29 is 0 Å². The van der Waals surface area contributed by atoms with Crippen LogP contribution in [0, 0.1) is 0 Å². The lowest BCUT2D eigenvalue weighted by Gasteiger charge is -2.25. The molecule has 0 rings (SSSR count). The van der Waals surface area contributed by atoms with E-state index >= 15 is 0 Å². The first kappa shape index (κ1) is 15.9. The average Bonchev–Trinajstić information content (AvgIpc) is 2.26. The van der Waals surface area contributed by atoms with Gasteiger partial charge in [-0.05, 0) is 65.7 Å². The molecule has 0 amide bonds. The van der Waals surface area contributed by atoms with Crippen molar-refractivity contribution in [1.82, 2.24) is 10.2 Å². The summed E-state index contributed by atoms with van der Waals surface area (Å²) in [6.45, 7) is 14.0. The summed E-state index contributed by atoms with van der Waals surface area (Å²) in [4.78, 5) is 2.60. The van der Waals surface area contributed by atoms with Crippen LogP contribution in [0.2, 0.25) is 0 Å². The van der Waals surface area contributed by atoms with Crippen molar-refractivity contribution in [3.63, 3.8) is 0 Å². The summed E-state index contributed by atoms with van der Waals surface area (Å²) in [6, 6.07) is 0.707. The first-order chi connectivity index (χ1) is 7.72. The Labute approximate surface area is 103 Å². The van der Waals surface area contributed by atoms with Crippen LogP contribution in [0.1, 0.15) is 59.8 Å². The van der Waals surface area contributed by atoms with E-state index in [9.17, 15) is 0 Å². The van der Waals surface area contributed by atoms with Gasteiger partial charge in [-0.3, -0.25) is 0 Å². The van der Waals surface area contributed by atoms with E-state index < -0.39 is 0 Å². The van der Waals surface area contributed by atoms with E-state index in [0.717, 1.165) is 0 Å². The van der Waals surface area contributed by atoms with Gasteiger partial charge in [-0.2, -0.15) is 0 Å². The first-order valence-corrected chi connectivity index (χ1v) is 7.17. The van der Waals surface area contributed by atoms with Crippen molar-refractivity contribution in [1.29, 1.82) is 0 Å². The topological polar surface area (TPSA) is 15.3 Å². The van der Waals surface area contributed by atoms with E-state index in [1.165, 1.54) is 58.3 Å². The highest BCUT2D eigenvalue weighted by Crippen LogP contribution is 2.04. The molecular weight excluding hydrogens is 196 g/mol. The summed E-state index contributed by atoms with van der Waals surface area (Å²) in [5.41, 5.74) is 0. The number of rotatable bonds is 11. The smallest absolute Gasteiger partial charge is 0.00385 e. The van der Waals surface area contributed by atoms with Gasteiger partial charge in [-0.15, -0.1) is 0 Å². The summed E-state index contributed by atoms with van der Waals surface area (Å²) in [7, 11) is 0. The quantitative estimate of drug-likeness (QED) is 0.546. The van der Waals surface area contributed by atoms with Crippen LogP contribution in [-0.4, -0.2) is 37.1 Å². The Balaban J connectivity index is 3.33. The molecule has 16 heavy (non-hydrogen) atoms. The van der Waals surface area contributed by atoms with Crippen molar-refractivity contribution in [2.24, 2.45) is 0 Å². The van der Waals surface area contributed by atoms with Crippen molar-refractivity contribution in [2.75, 3.05) is 26.2 Å². The highest BCUT2D eigenvalue weighted by molar-refractivity contribution is 4.62. The molecule has 0 spiro atoms. The van der Waals surface area contributed by atoms with Gasteiger partial charge in [-0.1, -0.05) is 20.3 Å². The lowest BCUT2D eigenvalue weighted by atomic mass is 10.2. The van der Waals surface area contributed by atoms with Crippen LogP contribution in [0.5, 0.6) is 0 Å². The molecule has 0 aliphatic heterocycles. The second-order valence-corrected chi connectivity index (χ2v) is 4.94. The molecule has 0 unspecified atom stereocenters. The zero-order valence-corrected chi connectivity index (χ0v) is 11.9. The maximum absolute atomic E-state index is 3.46. The fourth-order valence-electron chi connectivity index (χ4n) is 1.96. The summed E-state index contributed by atoms with van der Waals surface area (Å²) in [5, 5.41) is 3.46. The molecule has 0 bridgehead atoms. The number of hydrogen-bond acceptors (Lipinski definition) is 2. The third-order valence-corrected chi connectivity index (χ3v) is 2.97. The van der Waals surface area contributed by atoms with Crippen LogP contribution in [-0.2, 0) is 0 Å². The Hall–Kier alpha value is -0.0800. The molecule has 0 heterocycles. The molecule has 2 heteroatoms. The molecule has 0 aromatic carbocycles. The van der Waals surface area contributed by atoms with Crippen LogP contribution in [0.4, 0.5) is 0 Å². The van der Waals surface area contributed by atoms with Gasteiger partial charge in [0.05, 0.1) is 0 Å². The van der Waals surface area contributed by atoms with Gasteiger partial charge in [0.2, 0.25) is 0 Å². The standard InChI is InChI=1S/C14H32N2/c1-5-10-15-11-8-7-9-13-16(12-6-2)14(3)4/h14-15H,5-13H2,1-4H3. The molecule has 0 aliphatic rings. The lowest BCUT2D eigenvalue weighted by molar-refractivity contribution is 0.217. The minimum Gasteiger partial charge on any atom is -0.317 e. The predicted molar refractivity (Wildman–Crippen MR) is 74.0 cm³/mol. The molecule has 0 radical (unpaired) electrons. The highest BCUT2D eigenvalue weighted by atomic mass is 15.1. The van der Waals surface area contributed by atoms with Gasteiger partial charge in [0, 0.05) is 6.04 Å². The molecule has 0 aromatic rings. The Morgan fingerprint density at radius 2 is 1.62 bits per heavy atom. The molecule has 0 atom stereocenters. The molecule has 0 saturated heterocycles. The van der Waals surface area contributed by atoms with E-state index in [-0.39, 0.29) is 0 Å². The third kappa shape index (κ3) is 9.17. The summed E-state index contributed by atoms with van der Waals surface area (Å²) in [6.07, 6.45) is 6.57. The maximum atomic E-state index is 3.46. The highest BCUT2D eigenvalue weighted by Gasteiger charge is 2.06. The maximum Gasteiger partial charge on any atom is 0.00385 e. The number of nitrogens with one attached hydrogen (secondary N) is 1. The van der Waals surface area contributed by atoms with Crippen LogP contribution in [0.15, 0.2) is 0 Å². The number of nitrogens with zero attached hydrogens (tertiary/aromatic N) is 1. The van der Waals surface area contributed by atoms with Crippen molar-refractivity contribution >= 4 is 0 Å². The van der Waals surface area contributed by atoms with Gasteiger partial charge >= 0.3 is 0 Å². The van der Waals surface area contributed by atoms with E-state index in [4.69, 9.17) is 0 Å². The second kappa shape index (κ2) is 11.4. The minimum absolute atomic E-state index is 0.707. The molecule has 1 N–H and O–H groups in total. The molecule has 0 aliphatic carbocycles. The minimum atomic E-state index is 0.707.